The van der Waals surface area contributed by atoms with Gasteiger partial charge in [-0.3, -0.25) is 14.9 Å². The van der Waals surface area contributed by atoms with Gasteiger partial charge in [-0.25, -0.2) is 0 Å². The molecule has 0 radical (unpaired) electrons. The molecule has 2 aromatic carbocycles. The molecule has 30 heavy (non-hydrogen) atoms. The number of fused-ring (bicyclic) bond motifs is 1. The number of aryl methyl sites for hydroxylation is 2. The quantitative estimate of drug-likeness (QED) is 0.654. The average Bonchev–Trinajstić information content (AvgIpc) is 3.22. The van der Waals surface area contributed by atoms with Gasteiger partial charge in [0.25, 0.3) is 11.8 Å². The van der Waals surface area contributed by atoms with Crippen LogP contribution in [0, 0.1) is 0 Å². The van der Waals surface area contributed by atoms with E-state index >= 15 is 0 Å². The van der Waals surface area contributed by atoms with Crippen molar-refractivity contribution in [3.63, 3.8) is 0 Å². The number of carbonyl (C=O) groups excluding carboxylic acids is 2. The van der Waals surface area contributed by atoms with E-state index in [-0.39, 0.29) is 18.4 Å². The molecule has 0 fully saturated rings. The van der Waals surface area contributed by atoms with E-state index in [1.54, 1.807) is 32.4 Å². The fraction of sp³-hybridized carbons (Fsp3) is 0.238. The minimum Gasteiger partial charge on any atom is -0.497 e. The number of amides is 2. The highest BCUT2D eigenvalue weighted by Crippen LogP contribution is 2.32. The molecule has 0 saturated heterocycles. The number of hydrogen-bond acceptors (Lipinski definition) is 7. The Morgan fingerprint density at radius 2 is 2.10 bits per heavy atom. The van der Waals surface area contributed by atoms with Crippen molar-refractivity contribution in [2.24, 2.45) is 0 Å². The maximum atomic E-state index is 12.6. The van der Waals surface area contributed by atoms with Gasteiger partial charge in [-0.05, 0) is 42.3 Å². The predicted molar refractivity (Wildman–Crippen MR) is 114 cm³/mol. The molecule has 0 bridgehead atoms. The number of benzene rings is 2. The number of hydrogen-bond donors (Lipinski definition) is 1. The van der Waals surface area contributed by atoms with Crippen LogP contribution in [0.2, 0.25) is 0 Å². The minimum absolute atomic E-state index is 0.00162. The second kappa shape index (κ2) is 8.50. The van der Waals surface area contributed by atoms with Gasteiger partial charge >= 0.3 is 0 Å². The van der Waals surface area contributed by atoms with E-state index in [4.69, 9.17) is 9.47 Å². The minimum atomic E-state index is -0.320. The number of aromatic nitrogens is 2. The van der Waals surface area contributed by atoms with Crippen LogP contribution in [0.25, 0.3) is 0 Å². The van der Waals surface area contributed by atoms with Gasteiger partial charge in [0.2, 0.25) is 5.13 Å². The van der Waals surface area contributed by atoms with E-state index in [1.807, 2.05) is 24.3 Å². The number of rotatable bonds is 6. The van der Waals surface area contributed by atoms with Gasteiger partial charge in [0.1, 0.15) is 16.5 Å². The summed E-state index contributed by atoms with van der Waals surface area (Å²) in [5.41, 5.74) is 2.12. The lowest BCUT2D eigenvalue weighted by molar-refractivity contribution is -0.120. The number of anilines is 2. The molecular weight excluding hydrogens is 404 g/mol. The van der Waals surface area contributed by atoms with Gasteiger partial charge in [-0.2, -0.15) is 0 Å². The van der Waals surface area contributed by atoms with E-state index in [0.717, 1.165) is 22.7 Å². The Morgan fingerprint density at radius 1 is 1.23 bits per heavy atom. The largest absolute Gasteiger partial charge is 0.497 e. The summed E-state index contributed by atoms with van der Waals surface area (Å²) >= 11 is 1.34. The van der Waals surface area contributed by atoms with Crippen molar-refractivity contribution in [3.05, 3.63) is 58.6 Å². The molecule has 0 unspecified atom stereocenters. The van der Waals surface area contributed by atoms with Crippen LogP contribution in [0.4, 0.5) is 10.8 Å². The molecule has 0 spiro atoms. The zero-order valence-corrected chi connectivity index (χ0v) is 17.4. The van der Waals surface area contributed by atoms with Gasteiger partial charge in [0, 0.05) is 19.0 Å². The molecule has 154 valence electrons. The normalized spacial score (nSPS) is 12.9. The number of methoxy groups -OCH3 is 1. The first-order valence-corrected chi connectivity index (χ1v) is 10.1. The SMILES string of the molecule is COc1cccc(CCc2nnc(NC(=O)c3ccc4c(c3)N(C)C(=O)CO4)s2)c1. The summed E-state index contributed by atoms with van der Waals surface area (Å²) in [5.74, 6) is 0.912. The van der Waals surface area contributed by atoms with Crippen LogP contribution in [0.1, 0.15) is 20.9 Å². The van der Waals surface area contributed by atoms with E-state index < -0.39 is 0 Å². The third-order valence-electron chi connectivity index (χ3n) is 4.76. The van der Waals surface area contributed by atoms with Crippen molar-refractivity contribution in [1.29, 1.82) is 0 Å². The molecule has 0 saturated carbocycles. The van der Waals surface area contributed by atoms with Crippen LogP contribution in [-0.4, -0.2) is 42.8 Å². The lowest BCUT2D eigenvalue weighted by Gasteiger charge is -2.26. The van der Waals surface area contributed by atoms with Crippen molar-refractivity contribution in [3.8, 4) is 11.5 Å². The van der Waals surface area contributed by atoms with E-state index in [1.165, 1.54) is 16.2 Å². The zero-order valence-electron chi connectivity index (χ0n) is 16.5. The number of likely N-dealkylation sites (N-methyl/N-ethyl adjacent to an activating group) is 1. The topological polar surface area (TPSA) is 93.7 Å². The lowest BCUT2D eigenvalue weighted by Crippen LogP contribution is -2.35. The highest BCUT2D eigenvalue weighted by Gasteiger charge is 2.23. The summed E-state index contributed by atoms with van der Waals surface area (Å²) in [4.78, 5) is 25.9. The highest BCUT2D eigenvalue weighted by atomic mass is 32.1. The highest BCUT2D eigenvalue weighted by molar-refractivity contribution is 7.15. The molecular formula is C21H20N4O4S. The van der Waals surface area contributed by atoms with Crippen LogP contribution in [0.15, 0.2) is 42.5 Å². The second-order valence-corrected chi connectivity index (χ2v) is 7.79. The van der Waals surface area contributed by atoms with Gasteiger partial charge in [0.05, 0.1) is 12.8 Å². The van der Waals surface area contributed by atoms with Gasteiger partial charge in [-0.1, -0.05) is 23.5 Å². The molecule has 1 N–H and O–H groups in total. The molecule has 0 atom stereocenters. The maximum absolute atomic E-state index is 12.6. The monoisotopic (exact) mass is 424 g/mol. The first-order valence-electron chi connectivity index (χ1n) is 9.33. The van der Waals surface area contributed by atoms with Gasteiger partial charge in [-0.15, -0.1) is 10.2 Å². The average molecular weight is 424 g/mol. The summed E-state index contributed by atoms with van der Waals surface area (Å²) in [6.07, 6.45) is 1.51. The Labute approximate surface area is 177 Å². The number of carbonyl (C=O) groups is 2. The maximum Gasteiger partial charge on any atom is 0.264 e. The standard InChI is InChI=1S/C21H20N4O4S/c1-25-16-11-14(7-8-17(16)29-12-19(25)26)20(27)22-21-24-23-18(30-21)9-6-13-4-3-5-15(10-13)28-2/h3-5,7-8,10-11H,6,9,12H2,1-2H3,(H,22,24,27). The van der Waals surface area contributed by atoms with Crippen molar-refractivity contribution in [2.45, 2.75) is 12.8 Å². The second-order valence-electron chi connectivity index (χ2n) is 6.73. The Hall–Kier alpha value is -3.46. The smallest absolute Gasteiger partial charge is 0.264 e. The molecule has 2 amide bonds. The summed E-state index contributed by atoms with van der Waals surface area (Å²) in [6, 6.07) is 12.9. The van der Waals surface area contributed by atoms with Crippen molar-refractivity contribution in [1.82, 2.24) is 10.2 Å². The Bertz CT molecular complexity index is 1100. The molecule has 1 aromatic heterocycles. The number of nitrogens with one attached hydrogen (secondary N) is 1. The van der Waals surface area contributed by atoms with Crippen LogP contribution in [0.3, 0.4) is 0 Å². The van der Waals surface area contributed by atoms with E-state index in [2.05, 4.69) is 15.5 Å². The summed E-state index contributed by atoms with van der Waals surface area (Å²) in [7, 11) is 3.30. The number of ether oxygens (including phenoxy) is 2. The van der Waals surface area contributed by atoms with Crippen molar-refractivity contribution >= 4 is 34.0 Å². The van der Waals surface area contributed by atoms with Crippen LogP contribution >= 0.6 is 11.3 Å². The zero-order chi connectivity index (χ0) is 21.1. The molecule has 8 nitrogen and oxygen atoms in total. The lowest BCUT2D eigenvalue weighted by atomic mass is 10.1. The van der Waals surface area contributed by atoms with Crippen molar-refractivity contribution in [2.75, 3.05) is 31.0 Å². The van der Waals surface area contributed by atoms with E-state index in [0.29, 0.717) is 28.6 Å². The third kappa shape index (κ3) is 4.25. The van der Waals surface area contributed by atoms with Crippen LogP contribution in [0.5, 0.6) is 11.5 Å². The van der Waals surface area contributed by atoms with Gasteiger partial charge in [0.15, 0.2) is 6.61 Å². The molecule has 0 aliphatic carbocycles. The van der Waals surface area contributed by atoms with E-state index in [9.17, 15) is 9.59 Å². The number of nitrogens with zero attached hydrogens (tertiary/aromatic N) is 3. The van der Waals surface area contributed by atoms with Crippen molar-refractivity contribution < 1.29 is 19.1 Å². The first kappa shape index (κ1) is 19.8. The first-order chi connectivity index (χ1) is 14.5. The Morgan fingerprint density at radius 3 is 2.93 bits per heavy atom. The molecule has 3 aromatic rings. The summed E-state index contributed by atoms with van der Waals surface area (Å²) < 4.78 is 10.6. The van der Waals surface area contributed by atoms with Crippen LogP contribution in [-0.2, 0) is 17.6 Å². The van der Waals surface area contributed by atoms with Gasteiger partial charge < -0.3 is 14.4 Å². The molecule has 1 aliphatic heterocycles. The summed E-state index contributed by atoms with van der Waals surface area (Å²) in [5, 5.41) is 12.3. The molecule has 2 heterocycles. The predicted octanol–water partition coefficient (Wildman–Crippen LogP) is 2.94. The fourth-order valence-electron chi connectivity index (χ4n) is 3.07. The third-order valence-corrected chi connectivity index (χ3v) is 5.66. The Balaban J connectivity index is 1.40. The Kier molecular flexibility index (Phi) is 5.62. The molecule has 1 aliphatic rings. The fourth-order valence-corrected chi connectivity index (χ4v) is 3.80. The summed E-state index contributed by atoms with van der Waals surface area (Å²) in [6.45, 7) is -0.00162. The molecule has 4 rings (SSSR count). The molecule has 9 heteroatoms. The van der Waals surface area contributed by atoms with Crippen LogP contribution < -0.4 is 19.7 Å².